The molecule has 6 aromatic rings. The maximum absolute atomic E-state index is 14.4. The van der Waals surface area contributed by atoms with E-state index in [0.29, 0.717) is 51.9 Å². The quantitative estimate of drug-likeness (QED) is 0.0368. The van der Waals surface area contributed by atoms with Gasteiger partial charge in [-0.05, 0) is 84.6 Å². The average Bonchev–Trinajstić information content (AvgIpc) is 3.82. The Labute approximate surface area is 373 Å². The summed E-state index contributed by atoms with van der Waals surface area (Å²) in [6.45, 7) is 2.88. The van der Waals surface area contributed by atoms with E-state index in [-0.39, 0.29) is 48.9 Å². The highest BCUT2D eigenvalue weighted by Gasteiger charge is 2.41. The van der Waals surface area contributed by atoms with Gasteiger partial charge in [-0.25, -0.2) is 15.2 Å². The lowest BCUT2D eigenvalue weighted by Gasteiger charge is -2.40. The summed E-state index contributed by atoms with van der Waals surface area (Å²) in [5.41, 5.74) is 12.9. The molecule has 0 fully saturated rings. The topological polar surface area (TPSA) is 206 Å². The number of hydrazine groups is 1. The minimum Gasteiger partial charge on any atom is -0.505 e. The third-order valence-corrected chi connectivity index (χ3v) is 11.6. The number of nitrogens with zero attached hydrogens (tertiary/aromatic N) is 3. The Morgan fingerprint density at radius 1 is 1.03 bits per heavy atom. The number of aliphatic hydroxyl groups excluding tert-OH is 1. The number of carbonyl (C=O) groups is 3. The number of benzene rings is 5. The smallest absolute Gasteiger partial charge is 0.259 e. The summed E-state index contributed by atoms with van der Waals surface area (Å²) in [7, 11) is 1.00. The number of aromatic nitrogens is 1. The van der Waals surface area contributed by atoms with Crippen molar-refractivity contribution in [3.63, 3.8) is 0 Å². The van der Waals surface area contributed by atoms with Gasteiger partial charge in [0.15, 0.2) is 28.2 Å². The number of ether oxygens (including phenoxy) is 2. The number of phenols is 1. The molecule has 2 aliphatic heterocycles. The van der Waals surface area contributed by atoms with Gasteiger partial charge >= 0.3 is 0 Å². The zero-order valence-corrected chi connectivity index (χ0v) is 35.9. The van der Waals surface area contributed by atoms with Gasteiger partial charge in [-0.3, -0.25) is 14.5 Å². The Kier molecular flexibility index (Phi) is 14.3. The third-order valence-electron chi connectivity index (χ3n) is 10.9. The van der Waals surface area contributed by atoms with Crippen molar-refractivity contribution in [3.05, 3.63) is 166 Å². The summed E-state index contributed by atoms with van der Waals surface area (Å²) in [6, 6.07) is 28.7. The maximum Gasteiger partial charge on any atom is 0.259 e. The minimum absolute atomic E-state index is 0.0876. The van der Waals surface area contributed by atoms with E-state index in [0.717, 1.165) is 41.7 Å². The Bertz CT molecular complexity index is 2640. The van der Waals surface area contributed by atoms with E-state index in [1.54, 1.807) is 53.0 Å². The number of phenolic OH excluding ortho intramolecular Hbond substituents is 1. The number of hydrogen-bond donors (Lipinski definition) is 6. The zero-order valence-electron chi connectivity index (χ0n) is 35.1. The van der Waals surface area contributed by atoms with Gasteiger partial charge in [0.25, 0.3) is 5.91 Å². The fourth-order valence-corrected chi connectivity index (χ4v) is 8.42. The largest absolute Gasteiger partial charge is 0.505 e. The standard InChI is InChI=1S/C47H44FN7O6S.CH4O/c1-28-9-11-29(12-10-28)45-37(27-56)34-7-2-3-8-35(34)46(59)55(45)32-6-4-5-31(21-32)39(49)26-54(50)18-19-60-42-22-30-15-16-51-40(25-44(58)53-47-52-17-20-62-47)36(30)24-43(42)61-33-13-14-41(57)38(48)23-33;1-2/h2-14,17,20-24,26-27,37,40,45,51,57H,15-16,18-19,25,49-50H2,1H3,(H,52,53,58);2H,1H3/b39-26-;. The van der Waals surface area contributed by atoms with Gasteiger partial charge in [-0.15, -0.1) is 11.3 Å². The van der Waals surface area contributed by atoms with Crippen molar-refractivity contribution in [2.45, 2.75) is 37.8 Å². The van der Waals surface area contributed by atoms with Crippen LogP contribution in [0.1, 0.15) is 68.2 Å². The molecule has 3 unspecified atom stereocenters. The summed E-state index contributed by atoms with van der Waals surface area (Å²) in [5, 5.41) is 26.7. The average molecular weight is 886 g/mol. The molecule has 0 saturated heterocycles. The van der Waals surface area contributed by atoms with Crippen LogP contribution in [0.2, 0.25) is 0 Å². The first-order valence-electron chi connectivity index (χ1n) is 20.4. The van der Waals surface area contributed by atoms with Crippen molar-refractivity contribution >= 4 is 46.0 Å². The lowest BCUT2D eigenvalue weighted by molar-refractivity contribution is -0.116. The number of aliphatic hydroxyl groups is 1. The van der Waals surface area contributed by atoms with Gasteiger partial charge in [0.05, 0.1) is 24.2 Å². The summed E-state index contributed by atoms with van der Waals surface area (Å²) in [5.74, 6) is 4.81. The van der Waals surface area contributed by atoms with E-state index in [9.17, 15) is 23.9 Å². The summed E-state index contributed by atoms with van der Waals surface area (Å²) in [6.07, 6.45) is 4.88. The van der Waals surface area contributed by atoms with E-state index < -0.39 is 23.5 Å². The minimum atomic E-state index is -0.848. The number of aldehydes is 1. The number of thiazole rings is 1. The van der Waals surface area contributed by atoms with Gasteiger partial charge < -0.3 is 45.9 Å². The molecule has 3 atom stereocenters. The first kappa shape index (κ1) is 44.9. The van der Waals surface area contributed by atoms with Crippen LogP contribution in [0.4, 0.5) is 15.2 Å². The van der Waals surface area contributed by atoms with E-state index in [1.165, 1.54) is 28.5 Å². The maximum atomic E-state index is 14.4. The zero-order chi connectivity index (χ0) is 45.3. The molecule has 0 radical (unpaired) electrons. The highest BCUT2D eigenvalue weighted by Crippen LogP contribution is 2.45. The number of rotatable bonds is 14. The van der Waals surface area contributed by atoms with Crippen LogP contribution < -0.4 is 36.6 Å². The number of halogens is 1. The predicted octanol–water partition coefficient (Wildman–Crippen LogP) is 7.11. The number of amides is 2. The molecule has 8 N–H and O–H groups in total. The molecule has 2 amide bonds. The molecule has 5 aromatic carbocycles. The normalized spacial score (nSPS) is 16.7. The molecule has 0 spiro atoms. The van der Waals surface area contributed by atoms with E-state index in [1.807, 2.05) is 61.5 Å². The van der Waals surface area contributed by atoms with Gasteiger partial charge in [-0.1, -0.05) is 60.2 Å². The second kappa shape index (κ2) is 20.4. The van der Waals surface area contributed by atoms with Crippen LogP contribution in [-0.2, 0) is 16.0 Å². The van der Waals surface area contributed by atoms with Crippen LogP contribution in [-0.4, -0.2) is 65.1 Å². The first-order chi connectivity index (χ1) is 31.1. The molecular formula is C48H48FN7O7S. The number of aromatic hydroxyl groups is 1. The molecule has 14 nitrogen and oxygen atoms in total. The Morgan fingerprint density at radius 3 is 2.58 bits per heavy atom. The van der Waals surface area contributed by atoms with Crippen LogP contribution in [0, 0.1) is 12.7 Å². The van der Waals surface area contributed by atoms with Crippen molar-refractivity contribution < 1.29 is 38.5 Å². The molecule has 2 aliphatic rings. The molecule has 8 rings (SSSR count). The molecule has 0 aliphatic carbocycles. The van der Waals surface area contributed by atoms with Crippen molar-refractivity contribution in [2.75, 3.05) is 37.0 Å². The monoisotopic (exact) mass is 885 g/mol. The third kappa shape index (κ3) is 10.1. The Balaban J connectivity index is 0.00000302. The van der Waals surface area contributed by atoms with Crippen molar-refractivity contribution in [3.8, 4) is 23.0 Å². The van der Waals surface area contributed by atoms with Crippen molar-refractivity contribution in [2.24, 2.45) is 11.6 Å². The Hall–Kier alpha value is -7.11. The summed E-state index contributed by atoms with van der Waals surface area (Å²) >= 11 is 1.33. The van der Waals surface area contributed by atoms with E-state index >= 15 is 0 Å². The first-order valence-corrected chi connectivity index (χ1v) is 21.3. The van der Waals surface area contributed by atoms with Gasteiger partial charge in [0.1, 0.15) is 18.6 Å². The van der Waals surface area contributed by atoms with Crippen LogP contribution >= 0.6 is 11.3 Å². The molecule has 64 heavy (non-hydrogen) atoms. The van der Waals surface area contributed by atoms with Gasteiger partial charge in [-0.2, -0.15) is 0 Å². The SMILES string of the molecule is CO.Cc1ccc(C2C(C=O)c3ccccc3C(=O)N2c2cccc(/C(N)=C/N(N)CCOc3cc4c(cc3Oc3ccc(O)c(F)c3)C(CC(=O)Nc3nccs3)NCC4)c2)cc1. The van der Waals surface area contributed by atoms with Crippen molar-refractivity contribution in [1.82, 2.24) is 15.3 Å². The number of aryl methyl sites for hydroxylation is 1. The number of carbonyl (C=O) groups excluding carboxylic acids is 3. The number of nitrogens with two attached hydrogens (primary N) is 2. The summed E-state index contributed by atoms with van der Waals surface area (Å²) < 4.78 is 26.8. The van der Waals surface area contributed by atoms with Gasteiger partial charge in [0.2, 0.25) is 5.91 Å². The second-order valence-electron chi connectivity index (χ2n) is 15.1. The number of nitrogens with one attached hydrogen (secondary N) is 2. The van der Waals surface area contributed by atoms with Crippen LogP contribution in [0.15, 0.2) is 121 Å². The van der Waals surface area contributed by atoms with Crippen LogP contribution in [0.25, 0.3) is 5.70 Å². The Morgan fingerprint density at radius 2 is 1.83 bits per heavy atom. The summed E-state index contributed by atoms with van der Waals surface area (Å²) in [4.78, 5) is 45.8. The molecule has 16 heteroatoms. The lowest BCUT2D eigenvalue weighted by Crippen LogP contribution is -2.43. The number of anilines is 2. The lowest BCUT2D eigenvalue weighted by atomic mass is 9.80. The molecule has 1 aromatic heterocycles. The number of fused-ring (bicyclic) bond motifs is 2. The van der Waals surface area contributed by atoms with Crippen LogP contribution in [0.3, 0.4) is 0 Å². The second-order valence-corrected chi connectivity index (χ2v) is 16.0. The highest BCUT2D eigenvalue weighted by atomic mass is 32.1. The molecule has 3 heterocycles. The number of hydrogen-bond acceptors (Lipinski definition) is 13. The molecule has 0 bridgehead atoms. The molecular weight excluding hydrogens is 838 g/mol. The fraction of sp³-hybridized carbons (Fsp3) is 0.208. The fourth-order valence-electron chi connectivity index (χ4n) is 7.87. The van der Waals surface area contributed by atoms with Gasteiger partial charge in [0, 0.05) is 60.2 Å². The van der Waals surface area contributed by atoms with Crippen LogP contribution in [0.5, 0.6) is 23.0 Å². The molecule has 0 saturated carbocycles. The highest BCUT2D eigenvalue weighted by molar-refractivity contribution is 7.13. The van der Waals surface area contributed by atoms with E-state index in [2.05, 4.69) is 15.6 Å². The molecule has 330 valence electrons. The van der Waals surface area contributed by atoms with E-state index in [4.69, 9.17) is 26.2 Å². The van der Waals surface area contributed by atoms with Crippen molar-refractivity contribution in [1.29, 1.82) is 0 Å². The predicted molar refractivity (Wildman–Crippen MR) is 244 cm³/mol.